The van der Waals surface area contributed by atoms with Gasteiger partial charge in [0.05, 0.1) is 5.92 Å². The van der Waals surface area contributed by atoms with Crippen molar-refractivity contribution < 1.29 is 18.3 Å². The van der Waals surface area contributed by atoms with Crippen molar-refractivity contribution in [2.24, 2.45) is 5.92 Å². The Labute approximate surface area is 166 Å². The zero-order valence-electron chi connectivity index (χ0n) is 15.6. The van der Waals surface area contributed by atoms with Gasteiger partial charge in [-0.05, 0) is 30.2 Å². The molecule has 1 amide bonds. The number of aromatic amines is 1. The summed E-state index contributed by atoms with van der Waals surface area (Å²) in [5.74, 6) is -1.26. The van der Waals surface area contributed by atoms with E-state index >= 15 is 0 Å². The molecule has 0 fully saturated rings. The van der Waals surface area contributed by atoms with Crippen LogP contribution in [0.1, 0.15) is 16.8 Å². The summed E-state index contributed by atoms with van der Waals surface area (Å²) in [6, 6.07) is 11.8. The number of H-pyrrole nitrogens is 1. The molecule has 29 heavy (non-hydrogen) atoms. The van der Waals surface area contributed by atoms with E-state index in [1.54, 1.807) is 4.90 Å². The molecule has 3 heterocycles. The molecular formula is C22H19F2N3O2. The van der Waals surface area contributed by atoms with Crippen LogP contribution in [-0.4, -0.2) is 34.2 Å². The Morgan fingerprint density at radius 2 is 2.03 bits per heavy atom. The van der Waals surface area contributed by atoms with Crippen molar-refractivity contribution in [2.75, 3.05) is 13.2 Å². The van der Waals surface area contributed by atoms with E-state index in [4.69, 9.17) is 4.74 Å². The zero-order chi connectivity index (χ0) is 20.0. The van der Waals surface area contributed by atoms with Crippen LogP contribution in [0.15, 0.2) is 42.5 Å². The van der Waals surface area contributed by atoms with Gasteiger partial charge in [-0.2, -0.15) is 5.10 Å². The number of aromatic nitrogens is 2. The fourth-order valence-electron chi connectivity index (χ4n) is 4.14. The number of ether oxygens (including phenoxy) is 1. The summed E-state index contributed by atoms with van der Waals surface area (Å²) in [5, 5.41) is 7.13. The zero-order valence-corrected chi connectivity index (χ0v) is 15.6. The Morgan fingerprint density at radius 1 is 1.17 bits per heavy atom. The number of para-hydroxylation sites is 1. The van der Waals surface area contributed by atoms with Gasteiger partial charge in [0.2, 0.25) is 5.91 Å². The molecule has 0 saturated carbocycles. The van der Waals surface area contributed by atoms with E-state index in [1.807, 2.05) is 24.3 Å². The lowest BCUT2D eigenvalue weighted by Crippen LogP contribution is -2.43. The molecule has 5 rings (SSSR count). The molecule has 0 bridgehead atoms. The summed E-state index contributed by atoms with van der Waals surface area (Å²) < 4.78 is 33.7. The summed E-state index contributed by atoms with van der Waals surface area (Å²) in [4.78, 5) is 14.9. The van der Waals surface area contributed by atoms with Crippen LogP contribution in [0, 0.1) is 17.6 Å². The topological polar surface area (TPSA) is 58.2 Å². The fraction of sp³-hybridized carbons (Fsp3) is 0.273. The van der Waals surface area contributed by atoms with Gasteiger partial charge in [-0.25, -0.2) is 8.78 Å². The van der Waals surface area contributed by atoms with E-state index in [2.05, 4.69) is 10.2 Å². The van der Waals surface area contributed by atoms with Gasteiger partial charge in [-0.3, -0.25) is 9.89 Å². The van der Waals surface area contributed by atoms with Crippen LogP contribution in [0.5, 0.6) is 5.75 Å². The minimum Gasteiger partial charge on any atom is -0.492 e. The highest BCUT2D eigenvalue weighted by Gasteiger charge is 2.33. The van der Waals surface area contributed by atoms with Gasteiger partial charge in [-0.15, -0.1) is 0 Å². The molecule has 2 aromatic carbocycles. The number of halogens is 2. The maximum atomic E-state index is 14.3. The average molecular weight is 395 g/mol. The van der Waals surface area contributed by atoms with Crippen LogP contribution in [0.4, 0.5) is 8.78 Å². The first-order valence-corrected chi connectivity index (χ1v) is 9.62. The Kier molecular flexibility index (Phi) is 4.30. The summed E-state index contributed by atoms with van der Waals surface area (Å²) >= 11 is 0. The summed E-state index contributed by atoms with van der Waals surface area (Å²) in [7, 11) is 0. The van der Waals surface area contributed by atoms with Crippen LogP contribution in [-0.2, 0) is 24.2 Å². The third-order valence-corrected chi connectivity index (χ3v) is 5.68. The standard InChI is InChI=1S/C22H19F2N3O2/c23-17-6-3-5-15(20(17)24)21-16-11-27(9-8-18(16)25-26-21)22(28)14-10-13-4-1-2-7-19(13)29-12-14/h1-7,14H,8-12H2,(H,25,26)/t14-/m0/s1. The molecule has 0 aliphatic carbocycles. The van der Waals surface area contributed by atoms with Crippen molar-refractivity contribution in [1.29, 1.82) is 0 Å². The lowest BCUT2D eigenvalue weighted by molar-refractivity contribution is -0.137. The number of hydrogen-bond donors (Lipinski definition) is 1. The van der Waals surface area contributed by atoms with Crippen LogP contribution < -0.4 is 4.74 Å². The Balaban J connectivity index is 1.39. The number of carbonyl (C=O) groups excluding carboxylic acids is 1. The summed E-state index contributed by atoms with van der Waals surface area (Å²) in [6.07, 6.45) is 1.23. The number of benzene rings is 2. The van der Waals surface area contributed by atoms with E-state index in [1.165, 1.54) is 12.1 Å². The van der Waals surface area contributed by atoms with Crippen molar-refractivity contribution in [3.05, 3.63) is 70.9 Å². The van der Waals surface area contributed by atoms with Gasteiger partial charge in [-0.1, -0.05) is 24.3 Å². The first kappa shape index (κ1) is 17.8. The third kappa shape index (κ3) is 3.06. The second-order valence-corrected chi connectivity index (χ2v) is 7.46. The molecule has 0 unspecified atom stereocenters. The number of fused-ring (bicyclic) bond motifs is 2. The van der Waals surface area contributed by atoms with Gasteiger partial charge < -0.3 is 9.64 Å². The quantitative estimate of drug-likeness (QED) is 0.723. The normalized spacial score (nSPS) is 18.0. The highest BCUT2D eigenvalue weighted by atomic mass is 19.2. The number of hydrogen-bond acceptors (Lipinski definition) is 3. The number of carbonyl (C=O) groups is 1. The van der Waals surface area contributed by atoms with Crippen molar-refractivity contribution in [3.8, 4) is 17.0 Å². The molecule has 0 spiro atoms. The summed E-state index contributed by atoms with van der Waals surface area (Å²) in [6.45, 7) is 1.21. The minimum atomic E-state index is -0.928. The lowest BCUT2D eigenvalue weighted by Gasteiger charge is -2.32. The Hall–Kier alpha value is -3.22. The second kappa shape index (κ2) is 6.99. The number of nitrogens with one attached hydrogen (secondary N) is 1. The van der Waals surface area contributed by atoms with Gasteiger partial charge in [0.25, 0.3) is 0 Å². The van der Waals surface area contributed by atoms with E-state index in [0.29, 0.717) is 38.2 Å². The monoisotopic (exact) mass is 395 g/mol. The van der Waals surface area contributed by atoms with E-state index in [9.17, 15) is 13.6 Å². The Bertz CT molecular complexity index is 1100. The molecular weight excluding hydrogens is 376 g/mol. The lowest BCUT2D eigenvalue weighted by atomic mass is 9.94. The van der Waals surface area contributed by atoms with Gasteiger partial charge in [0, 0.05) is 36.3 Å². The van der Waals surface area contributed by atoms with Gasteiger partial charge >= 0.3 is 0 Å². The first-order chi connectivity index (χ1) is 14.1. The molecule has 1 N–H and O–H groups in total. The molecule has 2 aliphatic rings. The van der Waals surface area contributed by atoms with Crippen molar-refractivity contribution >= 4 is 5.91 Å². The SMILES string of the molecule is O=C([C@@H]1COc2ccccc2C1)N1CCc2[nH]nc(-c3cccc(F)c3F)c2C1. The second-order valence-electron chi connectivity index (χ2n) is 7.46. The molecule has 1 atom stereocenters. The van der Waals surface area contributed by atoms with Crippen LogP contribution in [0.3, 0.4) is 0 Å². The maximum Gasteiger partial charge on any atom is 0.229 e. The van der Waals surface area contributed by atoms with E-state index < -0.39 is 11.6 Å². The Morgan fingerprint density at radius 3 is 2.93 bits per heavy atom. The van der Waals surface area contributed by atoms with Crippen LogP contribution >= 0.6 is 0 Å². The maximum absolute atomic E-state index is 14.3. The highest BCUT2D eigenvalue weighted by Crippen LogP contribution is 2.33. The number of nitrogens with zero attached hydrogens (tertiary/aromatic N) is 2. The average Bonchev–Trinajstić information content (AvgIpc) is 3.18. The predicted molar refractivity (Wildman–Crippen MR) is 102 cm³/mol. The first-order valence-electron chi connectivity index (χ1n) is 9.62. The van der Waals surface area contributed by atoms with Crippen molar-refractivity contribution in [3.63, 3.8) is 0 Å². The largest absolute Gasteiger partial charge is 0.492 e. The molecule has 0 saturated heterocycles. The molecule has 3 aromatic rings. The molecule has 2 aliphatic heterocycles. The fourth-order valence-corrected chi connectivity index (χ4v) is 4.14. The highest BCUT2D eigenvalue weighted by molar-refractivity contribution is 5.80. The summed E-state index contributed by atoms with van der Waals surface area (Å²) in [5.41, 5.74) is 3.09. The van der Waals surface area contributed by atoms with Crippen molar-refractivity contribution in [1.82, 2.24) is 15.1 Å². The molecule has 7 heteroatoms. The van der Waals surface area contributed by atoms with Crippen LogP contribution in [0.25, 0.3) is 11.3 Å². The molecule has 5 nitrogen and oxygen atoms in total. The molecule has 0 radical (unpaired) electrons. The third-order valence-electron chi connectivity index (χ3n) is 5.68. The van der Waals surface area contributed by atoms with Gasteiger partial charge in [0.15, 0.2) is 11.6 Å². The number of amides is 1. The van der Waals surface area contributed by atoms with E-state index in [-0.39, 0.29) is 17.4 Å². The van der Waals surface area contributed by atoms with Crippen molar-refractivity contribution in [2.45, 2.75) is 19.4 Å². The minimum absolute atomic E-state index is 0.0111. The van der Waals surface area contributed by atoms with Gasteiger partial charge in [0.1, 0.15) is 18.1 Å². The number of rotatable bonds is 2. The smallest absolute Gasteiger partial charge is 0.229 e. The predicted octanol–water partition coefficient (Wildman–Crippen LogP) is 3.49. The van der Waals surface area contributed by atoms with E-state index in [0.717, 1.165) is 28.6 Å². The van der Waals surface area contributed by atoms with Crippen LogP contribution in [0.2, 0.25) is 0 Å². The molecule has 148 valence electrons. The molecule has 1 aromatic heterocycles.